The smallest absolute Gasteiger partial charge is 0.140 e. The summed E-state index contributed by atoms with van der Waals surface area (Å²) in [5, 5.41) is 26.3. The van der Waals surface area contributed by atoms with Gasteiger partial charge in [-0.2, -0.15) is 0 Å². The summed E-state index contributed by atoms with van der Waals surface area (Å²) in [7, 11) is 0. The van der Waals surface area contributed by atoms with E-state index in [1.807, 2.05) is 53.3 Å². The second kappa shape index (κ2) is 26.9. The largest absolute Gasteiger partial charge is 0.385 e. The second-order valence-electron chi connectivity index (χ2n) is 6.72. The molecule has 0 atom stereocenters. The van der Waals surface area contributed by atoms with Crippen molar-refractivity contribution in [1.29, 1.82) is 0 Å². The molecule has 0 bridgehead atoms. The molecule has 0 spiro atoms. The van der Waals surface area contributed by atoms with Crippen LogP contribution in [0.3, 0.4) is 0 Å². The van der Waals surface area contributed by atoms with Crippen LogP contribution < -0.4 is 0 Å². The van der Waals surface area contributed by atoms with Crippen LogP contribution in [0.1, 0.15) is 6.42 Å². The molecular formula is C14H42O5P4S8. The Morgan fingerprint density at radius 1 is 0.677 bits per heavy atom. The molecule has 0 unspecified atom stereocenters. The fraction of sp³-hybridized carbons (Fsp3) is 1.00. The van der Waals surface area contributed by atoms with E-state index in [1.165, 1.54) is 29.2 Å². The second-order valence-corrected chi connectivity index (χ2v) is 44.9. The van der Waals surface area contributed by atoms with Gasteiger partial charge in [0, 0.05) is 23.7 Å². The Hall–Kier alpha value is 3.80. The number of aliphatic hydroxyl groups excluding tert-OH is 3. The van der Waals surface area contributed by atoms with Crippen molar-refractivity contribution >= 4 is 115 Å². The van der Waals surface area contributed by atoms with Crippen molar-refractivity contribution in [1.82, 2.24) is 0 Å². The van der Waals surface area contributed by atoms with E-state index in [4.69, 9.17) is 72.4 Å². The van der Waals surface area contributed by atoms with Crippen LogP contribution in [0.2, 0.25) is 0 Å². The highest BCUT2D eigenvalue weighted by Crippen LogP contribution is 2.51. The van der Waals surface area contributed by atoms with Crippen LogP contribution in [0.15, 0.2) is 0 Å². The maximum atomic E-state index is 8.33. The summed E-state index contributed by atoms with van der Waals surface area (Å²) < 4.78 is 4.72. The number of rotatable bonds is 4. The zero-order valence-electron chi connectivity index (χ0n) is 19.6. The molecule has 0 aromatic heterocycles. The monoisotopic (exact) mass is 670 g/mol. The van der Waals surface area contributed by atoms with E-state index in [1.54, 1.807) is 0 Å². The van der Waals surface area contributed by atoms with Gasteiger partial charge in [-0.1, -0.05) is 70.0 Å². The molecule has 0 aromatic rings. The van der Waals surface area contributed by atoms with Gasteiger partial charge in [-0.25, -0.2) is 0 Å². The molecule has 0 saturated carbocycles. The van der Waals surface area contributed by atoms with Crippen molar-refractivity contribution in [2.75, 3.05) is 85.2 Å². The molecule has 17 heteroatoms. The van der Waals surface area contributed by atoms with Gasteiger partial charge in [0.15, 0.2) is 0 Å². The fourth-order valence-electron chi connectivity index (χ4n) is 0.422. The summed E-state index contributed by atoms with van der Waals surface area (Å²) >= 11 is 30.6. The number of hydrogen-bond acceptors (Lipinski definition) is 11. The zero-order chi connectivity index (χ0) is 26.4. The highest BCUT2D eigenvalue weighted by atomic mass is 32.9. The van der Waals surface area contributed by atoms with Crippen molar-refractivity contribution in [3.63, 3.8) is 0 Å². The molecule has 1 aliphatic rings. The van der Waals surface area contributed by atoms with Gasteiger partial charge in [-0.05, 0) is 70.2 Å². The molecule has 0 radical (unpaired) electrons. The van der Waals surface area contributed by atoms with E-state index >= 15 is 0 Å². The van der Waals surface area contributed by atoms with Gasteiger partial charge in [-0.3, -0.25) is 0 Å². The highest BCUT2D eigenvalue weighted by Gasteiger charge is 1.98. The topological polar surface area (TPSA) is 90.2 Å². The van der Waals surface area contributed by atoms with Crippen LogP contribution >= 0.6 is 68.2 Å². The molecule has 0 amide bonds. The number of thiol groups is 2. The van der Waals surface area contributed by atoms with E-state index in [0.29, 0.717) is 0 Å². The van der Waals surface area contributed by atoms with Gasteiger partial charge in [0.25, 0.3) is 0 Å². The third-order valence-corrected chi connectivity index (χ3v) is 9.11. The third kappa shape index (κ3) is 137. The molecule has 0 aliphatic carbocycles. The lowest BCUT2D eigenvalue weighted by Gasteiger charge is -2.09. The van der Waals surface area contributed by atoms with Crippen LogP contribution in [0, 0.1) is 0 Å². The van der Waals surface area contributed by atoms with Crippen LogP contribution in [-0.2, 0) is 52.0 Å². The predicted molar refractivity (Wildman–Crippen MR) is 177 cm³/mol. The summed E-state index contributed by atoms with van der Waals surface area (Å²) in [5.74, 6) is 0.342. The molecule has 1 rings (SSSR count). The highest BCUT2D eigenvalue weighted by molar-refractivity contribution is 8.71. The lowest BCUT2D eigenvalue weighted by atomic mass is 10.4. The van der Waals surface area contributed by atoms with Crippen LogP contribution in [0.5, 0.6) is 0 Å². The normalized spacial score (nSPS) is 12.8. The summed E-state index contributed by atoms with van der Waals surface area (Å²) in [6.07, 6.45) is 1.28. The first-order valence-corrected chi connectivity index (χ1v) is 28.8. The first-order valence-electron chi connectivity index (χ1n) is 8.49. The minimum atomic E-state index is -1.17. The number of aliphatic hydroxyl groups is 4. The Morgan fingerprint density at radius 2 is 0.806 bits per heavy atom. The molecule has 196 valence electrons. The average molecular weight is 671 g/mol. The van der Waals surface area contributed by atoms with Crippen LogP contribution in [0.25, 0.3) is 0 Å². The van der Waals surface area contributed by atoms with Crippen molar-refractivity contribution in [3.05, 3.63) is 0 Å². The molecule has 1 fully saturated rings. The van der Waals surface area contributed by atoms with E-state index in [0.717, 1.165) is 13.2 Å². The third-order valence-electron chi connectivity index (χ3n) is 1.31. The summed E-state index contributed by atoms with van der Waals surface area (Å²) in [4.78, 5) is 0. The number of ether oxygens (including phenoxy) is 1. The number of hydrogen-bond donors (Lipinski definition) is 6. The summed E-state index contributed by atoms with van der Waals surface area (Å²) in [5.41, 5.74) is 0. The maximum Gasteiger partial charge on any atom is 0.140 e. The molecular weight excluding hydrogens is 629 g/mol. The van der Waals surface area contributed by atoms with Gasteiger partial charge < -0.3 is 25.2 Å². The fourth-order valence-corrected chi connectivity index (χ4v) is 3.50. The van der Waals surface area contributed by atoms with Crippen molar-refractivity contribution in [2.24, 2.45) is 0 Å². The Labute approximate surface area is 230 Å². The van der Waals surface area contributed by atoms with E-state index in [2.05, 4.69) is 24.5 Å². The molecule has 1 aliphatic heterocycles. The van der Waals surface area contributed by atoms with Gasteiger partial charge in [-0.15, -0.1) is 24.5 Å². The maximum absolute atomic E-state index is 8.33. The van der Waals surface area contributed by atoms with Gasteiger partial charge in [0.1, 0.15) is 6.79 Å². The minimum absolute atomic E-state index is 0.171. The molecule has 1 heterocycles. The van der Waals surface area contributed by atoms with Crippen LogP contribution in [-0.4, -0.2) is 106 Å². The SMILES string of the molecule is C1COC1.CP(C)(=S)S.CP(C)(=S)S.CP(C)(=S)SCO.CP(C)(=S)SCO.OCO. The summed E-state index contributed by atoms with van der Waals surface area (Å²) in [6, 6.07) is 0. The van der Waals surface area contributed by atoms with E-state index in [9.17, 15) is 0 Å². The molecule has 0 aromatic carbocycles. The lowest BCUT2D eigenvalue weighted by Crippen LogP contribution is -2.09. The van der Waals surface area contributed by atoms with Gasteiger partial charge in [0.05, 0.1) is 11.9 Å². The standard InChI is InChI=1S/2C3H9OPS2.C3H6O.2C2H7PS2.CH4O2/c2*1-5(2,6)7-3-4;1-2-4-3-1;2*1-3(2,4)5;2-1-3/h2*4H,3H2,1-2H3;1-3H2;2*1-2H3,(H,4,5);2-3H,1H2. The van der Waals surface area contributed by atoms with Gasteiger partial charge in [0.2, 0.25) is 0 Å². The van der Waals surface area contributed by atoms with Crippen molar-refractivity contribution in [2.45, 2.75) is 6.42 Å². The Kier molecular flexibility index (Phi) is 38.8. The molecule has 31 heavy (non-hydrogen) atoms. The minimum Gasteiger partial charge on any atom is -0.385 e. The molecule has 4 N–H and O–H groups in total. The average Bonchev–Trinajstić information content (AvgIpc) is 2.30. The van der Waals surface area contributed by atoms with Gasteiger partial charge >= 0.3 is 0 Å². The van der Waals surface area contributed by atoms with E-state index in [-0.39, 0.29) is 11.9 Å². The van der Waals surface area contributed by atoms with Crippen molar-refractivity contribution in [3.8, 4) is 0 Å². The molecule has 1 saturated heterocycles. The lowest BCUT2D eigenvalue weighted by molar-refractivity contribution is 0.0367. The summed E-state index contributed by atoms with van der Waals surface area (Å²) in [6.45, 7) is 17.2. The quantitative estimate of drug-likeness (QED) is 0.137. The Morgan fingerprint density at radius 3 is 0.806 bits per heavy atom. The molecule has 5 nitrogen and oxygen atoms in total. The van der Waals surface area contributed by atoms with E-state index < -0.39 is 27.8 Å². The first-order chi connectivity index (χ1) is 13.5. The Bertz CT molecular complexity index is 490. The predicted octanol–water partition coefficient (Wildman–Crippen LogP) is 5.12. The van der Waals surface area contributed by atoms with Crippen LogP contribution in [0.4, 0.5) is 0 Å². The first kappa shape index (κ1) is 44.8. The zero-order valence-corrected chi connectivity index (χ0v) is 29.8. The Balaban J connectivity index is -0.0000000890. The van der Waals surface area contributed by atoms with Crippen molar-refractivity contribution < 1.29 is 25.2 Å².